The van der Waals surface area contributed by atoms with Crippen molar-refractivity contribution in [2.45, 2.75) is 41.8 Å². The Morgan fingerprint density at radius 3 is 1.62 bits per heavy atom. The first-order valence-electron chi connectivity index (χ1n) is 4.62. The zero-order valence-corrected chi connectivity index (χ0v) is 14.0. The highest BCUT2D eigenvalue weighted by Gasteiger charge is 2.14. The third kappa shape index (κ3) is 8.88. The lowest BCUT2D eigenvalue weighted by molar-refractivity contribution is 0.645. The molecule has 0 aliphatic heterocycles. The summed E-state index contributed by atoms with van der Waals surface area (Å²) in [7, 11) is 0. The average molecular weight is 444 g/mol. The van der Waals surface area contributed by atoms with E-state index < -0.39 is 0 Å². The Morgan fingerprint density at radius 1 is 0.692 bits per heavy atom. The zero-order valence-electron chi connectivity index (χ0n) is 7.62. The zero-order chi connectivity index (χ0) is 10.1. The van der Waals surface area contributed by atoms with E-state index >= 15 is 0 Å². The summed E-state index contributed by atoms with van der Waals surface area (Å²) in [5.74, 6) is 0. The fraction of sp³-hybridized carbons (Fsp3) is 1.00. The first kappa shape index (κ1) is 14.9. The van der Waals surface area contributed by atoms with Gasteiger partial charge in [-0.1, -0.05) is 70.1 Å². The molecule has 2 atom stereocenters. The molecule has 13 heavy (non-hydrogen) atoms. The predicted octanol–water partition coefficient (Wildman–Crippen LogP) is 5.25. The van der Waals surface area contributed by atoms with Crippen LogP contribution in [0.2, 0.25) is 0 Å². The van der Waals surface area contributed by atoms with Gasteiger partial charge in [-0.3, -0.25) is 0 Å². The van der Waals surface area contributed by atoms with Gasteiger partial charge in [-0.2, -0.15) is 0 Å². The molecule has 0 nitrogen and oxygen atoms in total. The molecule has 80 valence electrons. The Bertz CT molecular complexity index is 108. The lowest BCUT2D eigenvalue weighted by Gasteiger charge is -2.15. The number of alkyl halides is 4. The molecule has 0 fully saturated rings. The lowest BCUT2D eigenvalue weighted by atomic mass is 10.1. The smallest absolute Gasteiger partial charge is 0.0271 e. The quantitative estimate of drug-likeness (QED) is 0.355. The number of rotatable bonds is 8. The van der Waals surface area contributed by atoms with Crippen molar-refractivity contribution in [3.63, 3.8) is 0 Å². The van der Waals surface area contributed by atoms with Crippen molar-refractivity contribution >= 4 is 63.7 Å². The molecule has 0 saturated heterocycles. The summed E-state index contributed by atoms with van der Waals surface area (Å²) in [6.45, 7) is 0. The molecule has 0 aromatic carbocycles. The van der Waals surface area contributed by atoms with Gasteiger partial charge in [0, 0.05) is 20.3 Å². The van der Waals surface area contributed by atoms with Crippen molar-refractivity contribution in [3.8, 4) is 0 Å². The highest BCUT2D eigenvalue weighted by molar-refractivity contribution is 9.12. The molecule has 0 aliphatic rings. The van der Waals surface area contributed by atoms with Crippen LogP contribution >= 0.6 is 63.7 Å². The molecule has 0 rings (SSSR count). The standard InChI is InChI=1S/C9H16Br4/c10-6-2-1-4-8(12)9(13)5-3-7-11/h8-9H,1-7H2. The van der Waals surface area contributed by atoms with E-state index in [2.05, 4.69) is 63.7 Å². The highest BCUT2D eigenvalue weighted by Crippen LogP contribution is 2.24. The second-order valence-corrected chi connectivity index (χ2v) is 6.99. The summed E-state index contributed by atoms with van der Waals surface area (Å²) < 4.78 is 0. The van der Waals surface area contributed by atoms with E-state index in [0.29, 0.717) is 9.65 Å². The molecule has 0 radical (unpaired) electrons. The van der Waals surface area contributed by atoms with E-state index in [1.807, 2.05) is 0 Å². The van der Waals surface area contributed by atoms with Gasteiger partial charge < -0.3 is 0 Å². The Balaban J connectivity index is 3.38. The van der Waals surface area contributed by atoms with Gasteiger partial charge in [0.1, 0.15) is 0 Å². The van der Waals surface area contributed by atoms with Crippen LogP contribution in [0.15, 0.2) is 0 Å². The molecule has 0 bridgehead atoms. The van der Waals surface area contributed by atoms with Gasteiger partial charge in [0.15, 0.2) is 0 Å². The fourth-order valence-electron chi connectivity index (χ4n) is 1.07. The average Bonchev–Trinajstić information content (AvgIpc) is 2.14. The normalized spacial score (nSPS) is 15.7. The summed E-state index contributed by atoms with van der Waals surface area (Å²) in [6.07, 6.45) is 6.34. The lowest BCUT2D eigenvalue weighted by Crippen LogP contribution is -2.13. The van der Waals surface area contributed by atoms with Crippen molar-refractivity contribution in [1.82, 2.24) is 0 Å². The van der Waals surface area contributed by atoms with Crippen LogP contribution in [0.4, 0.5) is 0 Å². The number of halogens is 4. The maximum absolute atomic E-state index is 3.73. The summed E-state index contributed by atoms with van der Waals surface area (Å²) in [5.41, 5.74) is 0. The second kappa shape index (κ2) is 10.4. The third-order valence-electron chi connectivity index (χ3n) is 1.87. The summed E-state index contributed by atoms with van der Waals surface area (Å²) in [6, 6.07) is 0. The van der Waals surface area contributed by atoms with Crippen molar-refractivity contribution in [2.75, 3.05) is 10.7 Å². The number of unbranched alkanes of at least 4 members (excludes halogenated alkanes) is 1. The highest BCUT2D eigenvalue weighted by atomic mass is 79.9. The minimum atomic E-state index is 0.625. The monoisotopic (exact) mass is 440 g/mol. The van der Waals surface area contributed by atoms with Gasteiger partial charge in [0.25, 0.3) is 0 Å². The van der Waals surface area contributed by atoms with E-state index in [1.54, 1.807) is 0 Å². The Morgan fingerprint density at radius 2 is 1.15 bits per heavy atom. The predicted molar refractivity (Wildman–Crippen MR) is 76.1 cm³/mol. The van der Waals surface area contributed by atoms with Crippen LogP contribution in [-0.2, 0) is 0 Å². The molecule has 0 spiro atoms. The minimum absolute atomic E-state index is 0.625. The van der Waals surface area contributed by atoms with Gasteiger partial charge >= 0.3 is 0 Å². The minimum Gasteiger partial charge on any atom is -0.0928 e. The van der Waals surface area contributed by atoms with Gasteiger partial charge in [-0.25, -0.2) is 0 Å². The van der Waals surface area contributed by atoms with Crippen LogP contribution in [0.1, 0.15) is 32.1 Å². The molecule has 0 aromatic rings. The van der Waals surface area contributed by atoms with E-state index in [1.165, 1.54) is 32.1 Å². The largest absolute Gasteiger partial charge is 0.0928 e. The van der Waals surface area contributed by atoms with E-state index in [0.717, 1.165) is 10.7 Å². The second-order valence-electron chi connectivity index (χ2n) is 3.05. The van der Waals surface area contributed by atoms with Crippen molar-refractivity contribution in [3.05, 3.63) is 0 Å². The molecule has 4 heteroatoms. The Hall–Kier alpha value is 1.92. The van der Waals surface area contributed by atoms with Crippen molar-refractivity contribution in [2.24, 2.45) is 0 Å². The van der Waals surface area contributed by atoms with Gasteiger partial charge in [-0.15, -0.1) is 0 Å². The molecule has 0 N–H and O–H groups in total. The summed E-state index contributed by atoms with van der Waals surface area (Å²) in [5, 5.41) is 2.23. The van der Waals surface area contributed by atoms with E-state index in [9.17, 15) is 0 Å². The van der Waals surface area contributed by atoms with Gasteiger partial charge in [0.2, 0.25) is 0 Å². The van der Waals surface area contributed by atoms with Crippen LogP contribution in [0.5, 0.6) is 0 Å². The molecular formula is C9H16Br4. The molecule has 0 heterocycles. The van der Waals surface area contributed by atoms with Crippen LogP contribution in [-0.4, -0.2) is 20.3 Å². The van der Waals surface area contributed by atoms with Gasteiger partial charge in [0.05, 0.1) is 0 Å². The molecule has 0 aromatic heterocycles. The summed E-state index contributed by atoms with van der Waals surface area (Å²) >= 11 is 14.3. The first-order valence-corrected chi connectivity index (χ1v) is 8.70. The SMILES string of the molecule is BrCCCCC(Br)C(Br)CCCBr. The fourth-order valence-corrected chi connectivity index (χ4v) is 2.96. The van der Waals surface area contributed by atoms with Crippen LogP contribution in [0, 0.1) is 0 Å². The van der Waals surface area contributed by atoms with E-state index in [-0.39, 0.29) is 0 Å². The molecule has 0 aliphatic carbocycles. The molecule has 0 saturated carbocycles. The molecule has 2 unspecified atom stereocenters. The first-order chi connectivity index (χ1) is 6.22. The van der Waals surface area contributed by atoms with Gasteiger partial charge in [-0.05, 0) is 25.7 Å². The molecular weight excluding hydrogens is 428 g/mol. The van der Waals surface area contributed by atoms with Crippen LogP contribution in [0.25, 0.3) is 0 Å². The van der Waals surface area contributed by atoms with E-state index in [4.69, 9.17) is 0 Å². The van der Waals surface area contributed by atoms with Crippen LogP contribution in [0.3, 0.4) is 0 Å². The topological polar surface area (TPSA) is 0 Å². The maximum Gasteiger partial charge on any atom is 0.0271 e. The van der Waals surface area contributed by atoms with Crippen molar-refractivity contribution < 1.29 is 0 Å². The Kier molecular flexibility index (Phi) is 12.0. The maximum atomic E-state index is 3.73. The third-order valence-corrected chi connectivity index (χ3v) is 5.89. The van der Waals surface area contributed by atoms with Crippen molar-refractivity contribution in [1.29, 1.82) is 0 Å². The Labute approximate surface area is 115 Å². The number of hydrogen-bond acceptors (Lipinski definition) is 0. The number of hydrogen-bond donors (Lipinski definition) is 0. The molecule has 0 amide bonds. The summed E-state index contributed by atoms with van der Waals surface area (Å²) in [4.78, 5) is 1.26. The van der Waals surface area contributed by atoms with Crippen LogP contribution < -0.4 is 0 Å².